The molecule has 8 heteroatoms. The van der Waals surface area contributed by atoms with E-state index in [1.54, 1.807) is 26.0 Å². The minimum absolute atomic E-state index is 0.0902. The van der Waals surface area contributed by atoms with Crippen molar-refractivity contribution in [1.82, 2.24) is 4.57 Å². The molecule has 7 rings (SSSR count). The van der Waals surface area contributed by atoms with E-state index >= 15 is 0 Å². The van der Waals surface area contributed by atoms with E-state index in [-0.39, 0.29) is 11.6 Å². The van der Waals surface area contributed by atoms with Crippen LogP contribution >= 0.6 is 23.1 Å². The number of thiazole rings is 1. The predicted octanol–water partition coefficient (Wildman–Crippen LogP) is 6.08. The van der Waals surface area contributed by atoms with E-state index in [0.717, 1.165) is 45.2 Å². The number of hydrogen-bond acceptors (Lipinski definition) is 7. The second kappa shape index (κ2) is 10.6. The van der Waals surface area contributed by atoms with Gasteiger partial charge in [0.2, 0.25) is 0 Å². The van der Waals surface area contributed by atoms with Crippen LogP contribution in [0.3, 0.4) is 0 Å². The Morgan fingerprint density at radius 2 is 1.76 bits per heavy atom. The molecular formula is C33H26N2O4S2. The third-order valence-electron chi connectivity index (χ3n) is 7.43. The van der Waals surface area contributed by atoms with Crippen LogP contribution in [0.25, 0.3) is 11.8 Å². The standard InChI is InChI=1S/C33H26N2O4S2/c1-37-26-16-13-21(18-27(26)38-2)31-25-15-12-20-8-6-7-11-24(20)30(25)34-33-35(31)32(36)28(41-33)19-22-14-17-29(39-22)40-23-9-4-3-5-10-23/h3-11,13-14,16-19,31H,12,15H2,1-2H3/b28-19-/t31-/m0/s1. The first-order valence-electron chi connectivity index (χ1n) is 13.3. The second-order valence-electron chi connectivity index (χ2n) is 9.80. The smallest absolute Gasteiger partial charge is 0.271 e. The molecule has 3 aromatic carbocycles. The van der Waals surface area contributed by atoms with E-state index in [0.29, 0.717) is 26.6 Å². The molecule has 0 unspecified atom stereocenters. The highest BCUT2D eigenvalue weighted by Crippen LogP contribution is 2.42. The van der Waals surface area contributed by atoms with Gasteiger partial charge < -0.3 is 13.9 Å². The topological polar surface area (TPSA) is 66.0 Å². The second-order valence-corrected chi connectivity index (χ2v) is 11.9. The highest BCUT2D eigenvalue weighted by atomic mass is 32.2. The number of hydrogen-bond donors (Lipinski definition) is 0. The molecule has 0 fully saturated rings. The van der Waals surface area contributed by atoms with Crippen molar-refractivity contribution in [3.8, 4) is 11.5 Å². The molecule has 3 heterocycles. The molecular weight excluding hydrogens is 553 g/mol. The summed E-state index contributed by atoms with van der Waals surface area (Å²) in [6.07, 6.45) is 3.53. The molecule has 204 valence electrons. The quantitative estimate of drug-likeness (QED) is 0.244. The zero-order chi connectivity index (χ0) is 27.9. The number of ether oxygens (including phenoxy) is 2. The zero-order valence-corrected chi connectivity index (χ0v) is 24.1. The average Bonchev–Trinajstić information content (AvgIpc) is 3.59. The maximum absolute atomic E-state index is 14.1. The first-order valence-corrected chi connectivity index (χ1v) is 14.9. The molecule has 0 bridgehead atoms. The van der Waals surface area contributed by atoms with Crippen LogP contribution in [0.15, 0.2) is 115 Å². The van der Waals surface area contributed by atoms with Crippen LogP contribution in [0, 0.1) is 0 Å². The van der Waals surface area contributed by atoms with Gasteiger partial charge in [-0.05, 0) is 65.9 Å². The van der Waals surface area contributed by atoms with Gasteiger partial charge >= 0.3 is 0 Å². The predicted molar refractivity (Wildman–Crippen MR) is 162 cm³/mol. The van der Waals surface area contributed by atoms with Crippen molar-refractivity contribution < 1.29 is 13.9 Å². The maximum atomic E-state index is 14.1. The van der Waals surface area contributed by atoms with Crippen molar-refractivity contribution in [1.29, 1.82) is 0 Å². The first kappa shape index (κ1) is 25.7. The van der Waals surface area contributed by atoms with E-state index in [1.165, 1.54) is 16.9 Å². The summed E-state index contributed by atoms with van der Waals surface area (Å²) in [5.74, 6) is 1.90. The highest BCUT2D eigenvalue weighted by molar-refractivity contribution is 7.99. The Kier molecular flexibility index (Phi) is 6.65. The Morgan fingerprint density at radius 1 is 0.951 bits per heavy atom. The lowest BCUT2D eigenvalue weighted by atomic mass is 9.83. The Balaban J connectivity index is 1.37. The number of furan rings is 1. The van der Waals surface area contributed by atoms with Gasteiger partial charge in [0.15, 0.2) is 21.4 Å². The fraction of sp³-hybridized carbons (Fsp3) is 0.152. The van der Waals surface area contributed by atoms with Gasteiger partial charge in [-0.15, -0.1) is 0 Å². The molecule has 0 radical (unpaired) electrons. The summed E-state index contributed by atoms with van der Waals surface area (Å²) in [6, 6.07) is 27.9. The van der Waals surface area contributed by atoms with Gasteiger partial charge in [-0.2, -0.15) is 0 Å². The molecule has 0 N–H and O–H groups in total. The fourth-order valence-electron chi connectivity index (χ4n) is 5.55. The summed E-state index contributed by atoms with van der Waals surface area (Å²) in [5.41, 5.74) is 5.36. The number of nitrogens with zero attached hydrogens (tertiary/aromatic N) is 2. The maximum Gasteiger partial charge on any atom is 0.271 e. The van der Waals surface area contributed by atoms with Crippen molar-refractivity contribution in [3.05, 3.63) is 133 Å². The molecule has 1 atom stereocenters. The van der Waals surface area contributed by atoms with Crippen molar-refractivity contribution in [3.63, 3.8) is 0 Å². The molecule has 0 saturated carbocycles. The number of aryl methyl sites for hydroxylation is 1. The number of fused-ring (bicyclic) bond motifs is 3. The van der Waals surface area contributed by atoms with Crippen LogP contribution in [-0.4, -0.2) is 18.8 Å². The summed E-state index contributed by atoms with van der Waals surface area (Å²) >= 11 is 2.94. The third-order valence-corrected chi connectivity index (χ3v) is 9.34. The molecule has 41 heavy (non-hydrogen) atoms. The van der Waals surface area contributed by atoms with Gasteiger partial charge in [-0.25, -0.2) is 4.99 Å². The van der Waals surface area contributed by atoms with E-state index < -0.39 is 0 Å². The van der Waals surface area contributed by atoms with Crippen LogP contribution < -0.4 is 24.4 Å². The lowest BCUT2D eigenvalue weighted by Crippen LogP contribution is -2.38. The van der Waals surface area contributed by atoms with E-state index in [9.17, 15) is 4.79 Å². The Hall–Kier alpha value is -4.27. The Labute approximate surface area is 244 Å². The van der Waals surface area contributed by atoms with E-state index in [1.807, 2.05) is 77.4 Å². The Morgan fingerprint density at radius 3 is 2.59 bits per heavy atom. The summed E-state index contributed by atoms with van der Waals surface area (Å²) < 4.78 is 19.6. The zero-order valence-electron chi connectivity index (χ0n) is 22.5. The molecule has 2 aromatic heterocycles. The minimum Gasteiger partial charge on any atom is -0.493 e. The van der Waals surface area contributed by atoms with Gasteiger partial charge in [0, 0.05) is 16.5 Å². The molecule has 6 nitrogen and oxygen atoms in total. The average molecular weight is 579 g/mol. The van der Waals surface area contributed by atoms with Gasteiger partial charge in [0.1, 0.15) is 5.76 Å². The van der Waals surface area contributed by atoms with E-state index in [4.69, 9.17) is 18.9 Å². The Bertz CT molecular complexity index is 1990. The number of methoxy groups -OCH3 is 2. The largest absolute Gasteiger partial charge is 0.493 e. The van der Waals surface area contributed by atoms with Crippen LogP contribution in [0.2, 0.25) is 0 Å². The van der Waals surface area contributed by atoms with Crippen molar-refractivity contribution in [2.24, 2.45) is 4.99 Å². The summed E-state index contributed by atoms with van der Waals surface area (Å²) in [4.78, 5) is 20.9. The molecule has 5 aromatic rings. The highest BCUT2D eigenvalue weighted by Gasteiger charge is 2.33. The minimum atomic E-state index is -0.308. The van der Waals surface area contributed by atoms with Crippen molar-refractivity contribution >= 4 is 34.9 Å². The van der Waals surface area contributed by atoms with Crippen molar-refractivity contribution in [2.75, 3.05) is 14.2 Å². The summed E-state index contributed by atoms with van der Waals surface area (Å²) in [7, 11) is 3.25. The third kappa shape index (κ3) is 4.63. The monoisotopic (exact) mass is 578 g/mol. The lowest BCUT2D eigenvalue weighted by molar-refractivity contribution is 0.354. The normalized spacial score (nSPS) is 16.0. The van der Waals surface area contributed by atoms with Crippen LogP contribution in [0.4, 0.5) is 0 Å². The van der Waals surface area contributed by atoms with Crippen molar-refractivity contribution in [2.45, 2.75) is 28.9 Å². The summed E-state index contributed by atoms with van der Waals surface area (Å²) in [5, 5.41) is 0.769. The van der Waals surface area contributed by atoms with Crippen LogP contribution in [-0.2, 0) is 6.42 Å². The summed E-state index contributed by atoms with van der Waals surface area (Å²) in [6.45, 7) is 0. The molecule has 0 amide bonds. The fourth-order valence-corrected chi connectivity index (χ4v) is 7.33. The molecule has 2 aliphatic rings. The molecule has 1 aliphatic carbocycles. The molecule has 0 saturated heterocycles. The first-order chi connectivity index (χ1) is 20.1. The molecule has 0 spiro atoms. The van der Waals surface area contributed by atoms with Crippen LogP contribution in [0.1, 0.15) is 34.9 Å². The lowest BCUT2D eigenvalue weighted by Gasteiger charge is -2.31. The van der Waals surface area contributed by atoms with Crippen LogP contribution in [0.5, 0.6) is 11.5 Å². The number of rotatable bonds is 6. The van der Waals surface area contributed by atoms with Gasteiger partial charge in [0.25, 0.3) is 5.56 Å². The molecule has 1 aliphatic heterocycles. The van der Waals surface area contributed by atoms with Gasteiger partial charge in [0.05, 0.1) is 30.5 Å². The number of aromatic nitrogens is 1. The van der Waals surface area contributed by atoms with Gasteiger partial charge in [-0.1, -0.05) is 71.6 Å². The van der Waals surface area contributed by atoms with Gasteiger partial charge in [-0.3, -0.25) is 9.36 Å². The number of benzene rings is 3. The number of allylic oxidation sites excluding steroid dienone is 1. The van der Waals surface area contributed by atoms with E-state index in [2.05, 4.69) is 18.2 Å². The SMILES string of the molecule is COc1ccc([C@H]2C3=C(N=c4s/c(=C\c5ccc(Sc6ccccc6)o5)c(=O)n42)c2ccccc2CC3)cc1OC.